The molecule has 23 heavy (non-hydrogen) atoms. The summed E-state index contributed by atoms with van der Waals surface area (Å²) in [5.41, 5.74) is -0.714. The quantitative estimate of drug-likeness (QED) is 0.806. The molecule has 3 rings (SSSR count). The van der Waals surface area contributed by atoms with Crippen LogP contribution in [0, 0.1) is 0 Å². The zero-order chi connectivity index (χ0) is 16.4. The first-order chi connectivity index (χ1) is 11.0. The number of anilines is 1. The second kappa shape index (κ2) is 6.00. The summed E-state index contributed by atoms with van der Waals surface area (Å²) in [6.45, 7) is 1.74. The number of hydrogen-bond donors (Lipinski definition) is 2. The van der Waals surface area contributed by atoms with Crippen molar-refractivity contribution in [2.45, 2.75) is 19.1 Å². The molecule has 0 unspecified atom stereocenters. The number of ether oxygens (including phenoxy) is 1. The van der Waals surface area contributed by atoms with Gasteiger partial charge in [-0.1, -0.05) is 28.1 Å². The monoisotopic (exact) mass is 375 g/mol. The van der Waals surface area contributed by atoms with Gasteiger partial charge in [0.1, 0.15) is 0 Å². The summed E-state index contributed by atoms with van der Waals surface area (Å²) >= 11 is 3.35. The Labute approximate surface area is 141 Å². The van der Waals surface area contributed by atoms with E-state index in [0.29, 0.717) is 18.1 Å². The minimum atomic E-state index is -1.63. The van der Waals surface area contributed by atoms with Gasteiger partial charge in [-0.2, -0.15) is 0 Å². The first-order valence-electron chi connectivity index (χ1n) is 6.97. The summed E-state index contributed by atoms with van der Waals surface area (Å²) in [5.74, 6) is -0.367. The number of nitrogens with zero attached hydrogens (tertiary/aromatic N) is 1. The molecule has 0 saturated heterocycles. The van der Waals surface area contributed by atoms with Crippen LogP contribution in [0.4, 0.5) is 5.82 Å². The predicted molar refractivity (Wildman–Crippen MR) is 87.9 cm³/mol. The fraction of sp³-hybridized carbons (Fsp3) is 0.188. The van der Waals surface area contributed by atoms with Crippen LogP contribution in [0.3, 0.4) is 0 Å². The fourth-order valence-electron chi connectivity index (χ4n) is 2.16. The van der Waals surface area contributed by atoms with E-state index in [1.165, 1.54) is 6.92 Å². The Morgan fingerprint density at radius 2 is 2.09 bits per heavy atom. The van der Waals surface area contributed by atoms with Crippen LogP contribution < -0.4 is 15.4 Å². The van der Waals surface area contributed by atoms with Crippen molar-refractivity contribution in [2.24, 2.45) is 0 Å². The van der Waals surface area contributed by atoms with Gasteiger partial charge in [-0.05, 0) is 36.8 Å². The van der Waals surface area contributed by atoms with Crippen molar-refractivity contribution in [3.63, 3.8) is 0 Å². The SMILES string of the molecule is C[C@]1(C(=O)NCc2ccc(Br)cc2)Oc2cccnc2NC1=O. The molecule has 1 atom stereocenters. The third-order valence-corrected chi connectivity index (χ3v) is 4.08. The third-order valence-electron chi connectivity index (χ3n) is 3.55. The van der Waals surface area contributed by atoms with Crippen LogP contribution in [0.15, 0.2) is 47.1 Å². The Bertz CT molecular complexity index is 763. The number of benzene rings is 1. The molecule has 1 aliphatic rings. The first kappa shape index (κ1) is 15.5. The number of hydrogen-bond acceptors (Lipinski definition) is 4. The van der Waals surface area contributed by atoms with Crippen molar-refractivity contribution in [1.29, 1.82) is 0 Å². The highest BCUT2D eigenvalue weighted by molar-refractivity contribution is 9.10. The second-order valence-electron chi connectivity index (χ2n) is 5.25. The number of aromatic nitrogens is 1. The van der Waals surface area contributed by atoms with Crippen molar-refractivity contribution in [3.05, 3.63) is 52.6 Å². The Morgan fingerprint density at radius 1 is 1.35 bits per heavy atom. The lowest BCUT2D eigenvalue weighted by Gasteiger charge is -2.32. The van der Waals surface area contributed by atoms with Gasteiger partial charge in [0, 0.05) is 17.2 Å². The van der Waals surface area contributed by atoms with E-state index in [9.17, 15) is 9.59 Å². The molecule has 0 bridgehead atoms. The maximum atomic E-state index is 12.5. The van der Waals surface area contributed by atoms with E-state index < -0.39 is 17.4 Å². The van der Waals surface area contributed by atoms with Crippen molar-refractivity contribution < 1.29 is 14.3 Å². The van der Waals surface area contributed by atoms with Crippen LogP contribution in [-0.4, -0.2) is 22.4 Å². The number of rotatable bonds is 3. The van der Waals surface area contributed by atoms with Crippen LogP contribution in [0.5, 0.6) is 5.75 Å². The summed E-state index contributed by atoms with van der Waals surface area (Å²) in [5, 5.41) is 5.32. The summed E-state index contributed by atoms with van der Waals surface area (Å²) in [6.07, 6.45) is 1.54. The van der Waals surface area contributed by atoms with Gasteiger partial charge in [-0.15, -0.1) is 0 Å². The van der Waals surface area contributed by atoms with Crippen molar-refractivity contribution in [2.75, 3.05) is 5.32 Å². The second-order valence-corrected chi connectivity index (χ2v) is 6.16. The molecule has 2 aromatic rings. The summed E-state index contributed by atoms with van der Waals surface area (Å²) in [6, 6.07) is 10.9. The molecule has 2 amide bonds. The van der Waals surface area contributed by atoms with E-state index in [1.807, 2.05) is 24.3 Å². The summed E-state index contributed by atoms with van der Waals surface area (Å²) in [4.78, 5) is 28.7. The number of pyridine rings is 1. The Kier molecular flexibility index (Phi) is 4.04. The van der Waals surface area contributed by atoms with E-state index in [0.717, 1.165) is 10.0 Å². The average Bonchev–Trinajstić information content (AvgIpc) is 2.55. The van der Waals surface area contributed by atoms with Crippen LogP contribution in [0.25, 0.3) is 0 Å². The number of nitrogens with one attached hydrogen (secondary N) is 2. The van der Waals surface area contributed by atoms with Gasteiger partial charge in [-0.25, -0.2) is 4.98 Å². The third kappa shape index (κ3) is 3.05. The van der Waals surface area contributed by atoms with E-state index in [2.05, 4.69) is 31.5 Å². The normalized spacial score (nSPS) is 19.3. The molecule has 7 heteroatoms. The van der Waals surface area contributed by atoms with Gasteiger partial charge in [0.2, 0.25) is 0 Å². The molecule has 0 spiro atoms. The number of amides is 2. The van der Waals surface area contributed by atoms with Crippen LogP contribution in [-0.2, 0) is 16.1 Å². The van der Waals surface area contributed by atoms with Crippen molar-refractivity contribution >= 4 is 33.6 Å². The highest BCUT2D eigenvalue weighted by Gasteiger charge is 2.47. The number of halogens is 1. The summed E-state index contributed by atoms with van der Waals surface area (Å²) in [7, 11) is 0. The molecule has 0 aliphatic carbocycles. The largest absolute Gasteiger partial charge is 0.464 e. The lowest BCUT2D eigenvalue weighted by Crippen LogP contribution is -2.58. The van der Waals surface area contributed by atoms with Crippen LogP contribution >= 0.6 is 15.9 Å². The molecule has 6 nitrogen and oxygen atoms in total. The molecule has 118 valence electrons. The fourth-order valence-corrected chi connectivity index (χ4v) is 2.43. The van der Waals surface area contributed by atoms with E-state index in [4.69, 9.17) is 4.74 Å². The molecule has 1 aromatic carbocycles. The molecule has 1 aliphatic heterocycles. The molecule has 2 heterocycles. The van der Waals surface area contributed by atoms with E-state index >= 15 is 0 Å². The molecule has 2 N–H and O–H groups in total. The van der Waals surface area contributed by atoms with Gasteiger partial charge in [0.05, 0.1) is 0 Å². The lowest BCUT2D eigenvalue weighted by molar-refractivity contribution is -0.146. The molecule has 0 radical (unpaired) electrons. The molecule has 1 aromatic heterocycles. The Balaban J connectivity index is 1.73. The topological polar surface area (TPSA) is 80.3 Å². The minimum Gasteiger partial charge on any atom is -0.464 e. The average molecular weight is 376 g/mol. The van der Waals surface area contributed by atoms with Crippen LogP contribution in [0.2, 0.25) is 0 Å². The van der Waals surface area contributed by atoms with E-state index in [1.54, 1.807) is 18.3 Å². The Morgan fingerprint density at radius 3 is 2.83 bits per heavy atom. The van der Waals surface area contributed by atoms with Gasteiger partial charge in [0.15, 0.2) is 11.6 Å². The van der Waals surface area contributed by atoms with Gasteiger partial charge >= 0.3 is 0 Å². The highest BCUT2D eigenvalue weighted by Crippen LogP contribution is 2.31. The predicted octanol–water partition coefficient (Wildman–Crippen LogP) is 2.25. The maximum absolute atomic E-state index is 12.5. The van der Waals surface area contributed by atoms with Gasteiger partial charge in [0.25, 0.3) is 17.4 Å². The molecular weight excluding hydrogens is 362 g/mol. The van der Waals surface area contributed by atoms with Crippen molar-refractivity contribution in [3.8, 4) is 5.75 Å². The zero-order valence-electron chi connectivity index (χ0n) is 12.3. The van der Waals surface area contributed by atoms with Crippen LogP contribution in [0.1, 0.15) is 12.5 Å². The molecule has 0 saturated carbocycles. The Hall–Kier alpha value is -2.41. The standard InChI is InChI=1S/C16H14BrN3O3/c1-16(14(21)19-9-10-4-6-11(17)7-5-10)15(22)20-13-12(23-16)3-2-8-18-13/h2-8H,9H2,1H3,(H,19,21)(H,18,20,22)/t16-/m1/s1. The van der Waals surface area contributed by atoms with E-state index in [-0.39, 0.29) is 0 Å². The van der Waals surface area contributed by atoms with Gasteiger partial charge in [-0.3, -0.25) is 9.59 Å². The maximum Gasteiger partial charge on any atom is 0.279 e. The zero-order valence-corrected chi connectivity index (χ0v) is 13.9. The first-order valence-corrected chi connectivity index (χ1v) is 7.76. The smallest absolute Gasteiger partial charge is 0.279 e. The van der Waals surface area contributed by atoms with Gasteiger partial charge < -0.3 is 15.4 Å². The summed E-state index contributed by atoms with van der Waals surface area (Å²) < 4.78 is 6.56. The minimum absolute atomic E-state index is 0.304. The van der Waals surface area contributed by atoms with Crippen molar-refractivity contribution in [1.82, 2.24) is 10.3 Å². The molecule has 0 fully saturated rings. The number of carbonyl (C=O) groups excluding carboxylic acids is 2. The number of carbonyl (C=O) groups is 2. The lowest BCUT2D eigenvalue weighted by atomic mass is 10.0. The molecular formula is C16H14BrN3O3. The highest BCUT2D eigenvalue weighted by atomic mass is 79.9. The number of fused-ring (bicyclic) bond motifs is 1.